The Labute approximate surface area is 96.3 Å². The number of aliphatic carboxylic acids is 1. The fraction of sp³-hybridized carbons (Fsp3) is 0.462. The lowest BCUT2D eigenvalue weighted by molar-refractivity contribution is -0.139. The Kier molecular flexibility index (Phi) is 3.58. The molecular formula is C13H19NO2. The minimum Gasteiger partial charge on any atom is -0.481 e. The van der Waals surface area contributed by atoms with Crippen LogP contribution in [0.15, 0.2) is 24.3 Å². The van der Waals surface area contributed by atoms with Crippen LogP contribution < -0.4 is 5.73 Å². The van der Waals surface area contributed by atoms with Crippen LogP contribution >= 0.6 is 0 Å². The van der Waals surface area contributed by atoms with Crippen LogP contribution in [0.5, 0.6) is 0 Å². The van der Waals surface area contributed by atoms with E-state index in [9.17, 15) is 9.90 Å². The van der Waals surface area contributed by atoms with Crippen LogP contribution in [0.4, 0.5) is 5.69 Å². The van der Waals surface area contributed by atoms with Crippen LogP contribution in [0.1, 0.15) is 38.7 Å². The maximum atomic E-state index is 11.3. The average Bonchev–Trinajstić information content (AvgIpc) is 2.13. The monoisotopic (exact) mass is 221 g/mol. The molecule has 3 nitrogen and oxygen atoms in total. The van der Waals surface area contributed by atoms with E-state index in [2.05, 4.69) is 0 Å². The molecule has 0 saturated carbocycles. The maximum Gasteiger partial charge on any atom is 0.311 e. The minimum absolute atomic E-state index is 0.0364. The van der Waals surface area contributed by atoms with Gasteiger partial charge in [-0.25, -0.2) is 0 Å². The summed E-state index contributed by atoms with van der Waals surface area (Å²) in [5.41, 5.74) is 7.05. The highest BCUT2D eigenvalue weighted by Gasteiger charge is 2.27. The van der Waals surface area contributed by atoms with Gasteiger partial charge < -0.3 is 10.8 Å². The minimum atomic E-state index is -0.812. The molecule has 0 aromatic heterocycles. The fourth-order valence-electron chi connectivity index (χ4n) is 1.77. The van der Waals surface area contributed by atoms with E-state index in [0.29, 0.717) is 17.7 Å². The molecule has 0 aliphatic carbocycles. The number of nitrogens with two attached hydrogens (primary N) is 1. The summed E-state index contributed by atoms with van der Waals surface area (Å²) in [6.45, 7) is 6.09. The first-order valence-corrected chi connectivity index (χ1v) is 5.38. The second-order valence-corrected chi connectivity index (χ2v) is 5.28. The smallest absolute Gasteiger partial charge is 0.311 e. The Morgan fingerprint density at radius 2 is 1.94 bits per heavy atom. The number of carboxylic acids is 1. The van der Waals surface area contributed by atoms with Crippen LogP contribution in [0, 0.1) is 5.41 Å². The first-order valence-electron chi connectivity index (χ1n) is 5.38. The Balaban J connectivity index is 3.04. The van der Waals surface area contributed by atoms with Crippen molar-refractivity contribution in [1.29, 1.82) is 0 Å². The molecule has 1 rings (SSSR count). The fourth-order valence-corrected chi connectivity index (χ4v) is 1.77. The quantitative estimate of drug-likeness (QED) is 0.771. The third kappa shape index (κ3) is 3.26. The van der Waals surface area contributed by atoms with Gasteiger partial charge in [0.1, 0.15) is 0 Å². The Morgan fingerprint density at radius 3 is 2.38 bits per heavy atom. The third-order valence-corrected chi connectivity index (χ3v) is 2.49. The van der Waals surface area contributed by atoms with E-state index < -0.39 is 11.9 Å². The highest BCUT2D eigenvalue weighted by molar-refractivity contribution is 5.78. The zero-order valence-corrected chi connectivity index (χ0v) is 10.0. The van der Waals surface area contributed by atoms with Crippen LogP contribution in [0.25, 0.3) is 0 Å². The van der Waals surface area contributed by atoms with E-state index in [1.54, 1.807) is 12.1 Å². The van der Waals surface area contributed by atoms with Crippen LogP contribution in [0.2, 0.25) is 0 Å². The lowest BCUT2D eigenvalue weighted by Crippen LogP contribution is -2.20. The highest BCUT2D eigenvalue weighted by atomic mass is 16.4. The topological polar surface area (TPSA) is 63.3 Å². The third-order valence-electron chi connectivity index (χ3n) is 2.49. The lowest BCUT2D eigenvalue weighted by Gasteiger charge is -2.24. The number of rotatable bonds is 3. The van der Waals surface area contributed by atoms with Gasteiger partial charge in [0, 0.05) is 5.69 Å². The van der Waals surface area contributed by atoms with Gasteiger partial charge in [-0.2, -0.15) is 0 Å². The molecule has 0 aliphatic heterocycles. The van der Waals surface area contributed by atoms with Crippen molar-refractivity contribution in [3.63, 3.8) is 0 Å². The number of carboxylic acid groups (broad SMARTS) is 1. The highest BCUT2D eigenvalue weighted by Crippen LogP contribution is 2.33. The van der Waals surface area contributed by atoms with Crippen molar-refractivity contribution in [3.05, 3.63) is 29.8 Å². The molecule has 1 atom stereocenters. The van der Waals surface area contributed by atoms with E-state index in [0.717, 1.165) is 0 Å². The van der Waals surface area contributed by atoms with Gasteiger partial charge in [0.15, 0.2) is 0 Å². The molecule has 1 aromatic rings. The lowest BCUT2D eigenvalue weighted by atomic mass is 9.81. The molecule has 3 heteroatoms. The van der Waals surface area contributed by atoms with Crippen molar-refractivity contribution >= 4 is 11.7 Å². The van der Waals surface area contributed by atoms with Crippen molar-refractivity contribution in [2.24, 2.45) is 5.41 Å². The van der Waals surface area contributed by atoms with Gasteiger partial charge in [0.2, 0.25) is 0 Å². The number of nitrogen functional groups attached to an aromatic ring is 1. The van der Waals surface area contributed by atoms with Gasteiger partial charge >= 0.3 is 5.97 Å². The largest absolute Gasteiger partial charge is 0.481 e. The van der Waals surface area contributed by atoms with E-state index >= 15 is 0 Å². The molecule has 1 aromatic carbocycles. The van der Waals surface area contributed by atoms with E-state index in [1.807, 2.05) is 32.9 Å². The van der Waals surface area contributed by atoms with Gasteiger partial charge in [-0.05, 0) is 23.5 Å². The standard InChI is InChI=1S/C13H19NO2/c1-13(2,3)8-10(12(15)16)9-6-4-5-7-11(9)14/h4-7,10H,8,14H2,1-3H3,(H,15,16). The summed E-state index contributed by atoms with van der Waals surface area (Å²) >= 11 is 0. The summed E-state index contributed by atoms with van der Waals surface area (Å²) in [6.07, 6.45) is 0.580. The number of hydrogen-bond donors (Lipinski definition) is 2. The molecule has 0 saturated heterocycles. The Hall–Kier alpha value is -1.51. The summed E-state index contributed by atoms with van der Waals surface area (Å²) in [6, 6.07) is 7.17. The number of benzene rings is 1. The maximum absolute atomic E-state index is 11.3. The molecule has 0 bridgehead atoms. The van der Waals surface area contributed by atoms with Crippen LogP contribution in [-0.4, -0.2) is 11.1 Å². The summed E-state index contributed by atoms with van der Waals surface area (Å²) in [5, 5.41) is 9.26. The molecule has 1 unspecified atom stereocenters. The second-order valence-electron chi connectivity index (χ2n) is 5.28. The van der Waals surface area contributed by atoms with Crippen molar-refractivity contribution in [3.8, 4) is 0 Å². The normalized spacial score (nSPS) is 13.4. The second kappa shape index (κ2) is 4.56. The van der Waals surface area contributed by atoms with Crippen molar-refractivity contribution < 1.29 is 9.90 Å². The van der Waals surface area contributed by atoms with Crippen LogP contribution in [0.3, 0.4) is 0 Å². The SMILES string of the molecule is CC(C)(C)CC(C(=O)O)c1ccccc1N. The molecule has 0 aliphatic rings. The van der Waals surface area contributed by atoms with Gasteiger partial charge in [0.25, 0.3) is 0 Å². The summed E-state index contributed by atoms with van der Waals surface area (Å²) in [5.74, 6) is -1.34. The molecule has 3 N–H and O–H groups in total. The van der Waals surface area contributed by atoms with E-state index in [-0.39, 0.29) is 5.41 Å². The van der Waals surface area contributed by atoms with Crippen molar-refractivity contribution in [2.45, 2.75) is 33.1 Å². The molecule has 88 valence electrons. The predicted octanol–water partition coefficient (Wildman–Crippen LogP) is 2.87. The Morgan fingerprint density at radius 1 is 1.38 bits per heavy atom. The molecule has 16 heavy (non-hydrogen) atoms. The summed E-state index contributed by atoms with van der Waals surface area (Å²) in [7, 11) is 0. The number of carbonyl (C=O) groups is 1. The molecule has 0 radical (unpaired) electrons. The van der Waals surface area contributed by atoms with E-state index in [1.165, 1.54) is 0 Å². The number of para-hydroxylation sites is 1. The molecule has 0 heterocycles. The first kappa shape index (κ1) is 12.6. The van der Waals surface area contributed by atoms with Gasteiger partial charge in [-0.3, -0.25) is 4.79 Å². The first-order chi connectivity index (χ1) is 7.31. The van der Waals surface area contributed by atoms with Gasteiger partial charge in [-0.1, -0.05) is 39.0 Å². The summed E-state index contributed by atoms with van der Waals surface area (Å²) < 4.78 is 0. The van der Waals surface area contributed by atoms with Crippen LogP contribution in [-0.2, 0) is 4.79 Å². The average molecular weight is 221 g/mol. The van der Waals surface area contributed by atoms with Crippen molar-refractivity contribution in [2.75, 3.05) is 5.73 Å². The van der Waals surface area contributed by atoms with E-state index in [4.69, 9.17) is 5.73 Å². The summed E-state index contributed by atoms with van der Waals surface area (Å²) in [4.78, 5) is 11.3. The zero-order valence-electron chi connectivity index (χ0n) is 10.0. The zero-order chi connectivity index (χ0) is 12.3. The van der Waals surface area contributed by atoms with Crippen molar-refractivity contribution in [1.82, 2.24) is 0 Å². The molecule has 0 fully saturated rings. The van der Waals surface area contributed by atoms with Gasteiger partial charge in [-0.15, -0.1) is 0 Å². The Bertz CT molecular complexity index is 380. The van der Waals surface area contributed by atoms with Gasteiger partial charge in [0.05, 0.1) is 5.92 Å². The number of hydrogen-bond acceptors (Lipinski definition) is 2. The molecular weight excluding hydrogens is 202 g/mol. The number of anilines is 1. The molecule has 0 spiro atoms. The molecule has 0 amide bonds. The predicted molar refractivity (Wildman–Crippen MR) is 65.3 cm³/mol.